The highest BCUT2D eigenvalue weighted by atomic mass is 35.5. The number of piperidine rings is 1. The summed E-state index contributed by atoms with van der Waals surface area (Å²) in [5.74, 6) is -0.658. The van der Waals surface area contributed by atoms with Gasteiger partial charge in [0.2, 0.25) is 11.8 Å². The number of fused-ring (bicyclic) bond motifs is 1. The maximum absolute atomic E-state index is 14.2. The smallest absolute Gasteiger partial charge is 0.287 e. The number of amides is 3. The van der Waals surface area contributed by atoms with Gasteiger partial charge in [0.05, 0.1) is 10.8 Å². The molecule has 258 valence electrons. The predicted molar refractivity (Wildman–Crippen MR) is 190 cm³/mol. The van der Waals surface area contributed by atoms with Crippen LogP contribution in [0.4, 0.5) is 0 Å². The molecule has 0 bridgehead atoms. The largest absolute Gasteiger partial charge is 0.451 e. The molecular formula is C39H50ClN3O5. The summed E-state index contributed by atoms with van der Waals surface area (Å²) < 4.78 is 5.93. The van der Waals surface area contributed by atoms with Crippen LogP contribution in [-0.2, 0) is 21.4 Å². The minimum Gasteiger partial charge on any atom is -0.451 e. The molecule has 3 amide bonds. The minimum absolute atomic E-state index is 0.0842. The molecule has 2 heterocycles. The van der Waals surface area contributed by atoms with E-state index < -0.39 is 17.4 Å². The number of benzene rings is 2. The number of carbonyl (C=O) groups is 3. The Morgan fingerprint density at radius 3 is 2.19 bits per heavy atom. The molecular weight excluding hydrogens is 626 g/mol. The van der Waals surface area contributed by atoms with Crippen molar-refractivity contribution in [2.75, 3.05) is 13.1 Å². The molecule has 2 N–H and O–H groups in total. The van der Waals surface area contributed by atoms with Crippen molar-refractivity contribution in [1.82, 2.24) is 15.5 Å². The molecule has 5 rings (SSSR count). The van der Waals surface area contributed by atoms with Crippen LogP contribution in [0.3, 0.4) is 0 Å². The fraction of sp³-hybridized carbons (Fsp3) is 0.538. The summed E-state index contributed by atoms with van der Waals surface area (Å²) in [6.07, 6.45) is 6.85. The van der Waals surface area contributed by atoms with E-state index in [-0.39, 0.29) is 46.3 Å². The maximum atomic E-state index is 14.2. The van der Waals surface area contributed by atoms with E-state index in [1.807, 2.05) is 39.0 Å². The third kappa shape index (κ3) is 8.13. The Labute approximate surface area is 289 Å². The summed E-state index contributed by atoms with van der Waals surface area (Å²) in [4.78, 5) is 56.7. The van der Waals surface area contributed by atoms with E-state index in [4.69, 9.17) is 16.0 Å². The molecule has 0 radical (unpaired) electrons. The van der Waals surface area contributed by atoms with E-state index in [0.717, 1.165) is 36.8 Å². The first-order valence-corrected chi connectivity index (χ1v) is 17.7. The van der Waals surface area contributed by atoms with Crippen LogP contribution >= 0.6 is 11.6 Å². The molecule has 1 aromatic heterocycles. The quantitative estimate of drug-likeness (QED) is 0.276. The Kier molecular flexibility index (Phi) is 10.4. The SMILES string of the molecule is CC(C)(C)NC(=O)C1(C2CCCCC2)CCN(C(=O)[C@@H](Cc2ccc(Cl)cc2)NC(=O)c2cc(=O)c3cc(C(C)(C)C)ccc3o2)CC1. The Morgan fingerprint density at radius 1 is 0.938 bits per heavy atom. The number of hydrogen-bond acceptors (Lipinski definition) is 5. The van der Waals surface area contributed by atoms with E-state index in [0.29, 0.717) is 41.9 Å². The van der Waals surface area contributed by atoms with Crippen molar-refractivity contribution >= 4 is 40.3 Å². The number of halogens is 1. The van der Waals surface area contributed by atoms with Gasteiger partial charge in [0.25, 0.3) is 5.91 Å². The van der Waals surface area contributed by atoms with Gasteiger partial charge in [0, 0.05) is 36.1 Å². The van der Waals surface area contributed by atoms with Crippen LogP contribution in [0, 0.1) is 11.3 Å². The second-order valence-corrected chi connectivity index (χ2v) is 16.2. The lowest BCUT2D eigenvalue weighted by Gasteiger charge is -2.48. The van der Waals surface area contributed by atoms with Gasteiger partial charge in [-0.25, -0.2) is 0 Å². The first kappa shape index (κ1) is 35.7. The Morgan fingerprint density at radius 2 is 1.58 bits per heavy atom. The first-order valence-electron chi connectivity index (χ1n) is 17.3. The summed E-state index contributed by atoms with van der Waals surface area (Å²) >= 11 is 6.13. The summed E-state index contributed by atoms with van der Waals surface area (Å²) in [7, 11) is 0. The van der Waals surface area contributed by atoms with Crippen LogP contribution in [0.2, 0.25) is 5.02 Å². The van der Waals surface area contributed by atoms with Gasteiger partial charge in [0.1, 0.15) is 11.6 Å². The third-order valence-corrected chi connectivity index (χ3v) is 10.3. The Bertz CT molecular complexity index is 1700. The van der Waals surface area contributed by atoms with E-state index >= 15 is 0 Å². The molecule has 1 atom stereocenters. The molecule has 2 aromatic carbocycles. The van der Waals surface area contributed by atoms with Crippen molar-refractivity contribution < 1.29 is 18.8 Å². The average molecular weight is 676 g/mol. The number of hydrogen-bond donors (Lipinski definition) is 2. The molecule has 1 aliphatic heterocycles. The lowest BCUT2D eigenvalue weighted by molar-refractivity contribution is -0.147. The van der Waals surface area contributed by atoms with Crippen LogP contribution in [0.25, 0.3) is 11.0 Å². The minimum atomic E-state index is -0.923. The molecule has 0 spiro atoms. The van der Waals surface area contributed by atoms with Gasteiger partial charge in [-0.05, 0) is 93.2 Å². The van der Waals surface area contributed by atoms with Crippen molar-refractivity contribution in [2.24, 2.45) is 11.3 Å². The van der Waals surface area contributed by atoms with Gasteiger partial charge >= 0.3 is 0 Å². The van der Waals surface area contributed by atoms with E-state index in [1.54, 1.807) is 29.2 Å². The normalized spacial score (nSPS) is 17.9. The zero-order valence-corrected chi connectivity index (χ0v) is 30.0. The molecule has 9 heteroatoms. The van der Waals surface area contributed by atoms with Crippen LogP contribution < -0.4 is 16.1 Å². The zero-order chi connectivity index (χ0) is 34.9. The molecule has 3 aromatic rings. The van der Waals surface area contributed by atoms with Crippen LogP contribution in [0.5, 0.6) is 0 Å². The highest BCUT2D eigenvalue weighted by molar-refractivity contribution is 6.30. The zero-order valence-electron chi connectivity index (χ0n) is 29.2. The Hall–Kier alpha value is -3.65. The van der Waals surface area contributed by atoms with Crippen LogP contribution in [-0.4, -0.2) is 47.3 Å². The van der Waals surface area contributed by atoms with Gasteiger partial charge in [-0.3, -0.25) is 19.2 Å². The summed E-state index contributed by atoms with van der Waals surface area (Å²) in [5.41, 5.74) is 0.755. The van der Waals surface area contributed by atoms with Gasteiger partial charge in [-0.2, -0.15) is 0 Å². The van der Waals surface area contributed by atoms with E-state index in [2.05, 4.69) is 31.4 Å². The van der Waals surface area contributed by atoms with Crippen molar-refractivity contribution in [3.8, 4) is 0 Å². The fourth-order valence-electron chi connectivity index (χ4n) is 7.31. The Balaban J connectivity index is 1.39. The number of nitrogens with one attached hydrogen (secondary N) is 2. The first-order chi connectivity index (χ1) is 22.6. The van der Waals surface area contributed by atoms with Crippen molar-refractivity contribution in [3.63, 3.8) is 0 Å². The number of likely N-dealkylation sites (tertiary alicyclic amines) is 1. The molecule has 0 unspecified atom stereocenters. The molecule has 48 heavy (non-hydrogen) atoms. The average Bonchev–Trinajstić information content (AvgIpc) is 3.04. The predicted octanol–water partition coefficient (Wildman–Crippen LogP) is 7.19. The summed E-state index contributed by atoms with van der Waals surface area (Å²) in [5, 5.41) is 7.11. The highest BCUT2D eigenvalue weighted by Gasteiger charge is 2.49. The van der Waals surface area contributed by atoms with Crippen molar-refractivity contribution in [2.45, 2.75) is 110 Å². The van der Waals surface area contributed by atoms with Gasteiger partial charge in [-0.1, -0.05) is 69.8 Å². The van der Waals surface area contributed by atoms with Gasteiger partial charge in [0.15, 0.2) is 11.2 Å². The molecule has 1 saturated heterocycles. The molecule has 2 aliphatic rings. The highest BCUT2D eigenvalue weighted by Crippen LogP contribution is 2.46. The topological polar surface area (TPSA) is 109 Å². The number of nitrogens with zero attached hydrogens (tertiary/aromatic N) is 1. The summed E-state index contributed by atoms with van der Waals surface area (Å²) in [6.45, 7) is 13.0. The molecule has 8 nitrogen and oxygen atoms in total. The standard InChI is InChI=1S/C39H50ClN3O5/c1-37(2,3)27-14-17-32-29(23-27)31(44)24-33(48-32)34(45)41-30(22-25-12-15-28(40)16-13-25)35(46)43-20-18-39(19-21-43,26-10-8-7-9-11-26)36(47)42-38(4,5)6/h12-17,23-24,26,30H,7-11,18-22H2,1-6H3,(H,41,45)(H,42,47)/t30-/m1/s1. The summed E-state index contributed by atoms with van der Waals surface area (Å²) in [6, 6.07) is 12.9. The second kappa shape index (κ2) is 14.1. The van der Waals surface area contributed by atoms with Crippen molar-refractivity contribution in [3.05, 3.63) is 80.7 Å². The number of rotatable bonds is 7. The lowest BCUT2D eigenvalue weighted by atomic mass is 9.63. The second-order valence-electron chi connectivity index (χ2n) is 15.8. The van der Waals surface area contributed by atoms with E-state index in [9.17, 15) is 19.2 Å². The monoisotopic (exact) mass is 675 g/mol. The fourth-order valence-corrected chi connectivity index (χ4v) is 7.43. The number of carbonyl (C=O) groups excluding carboxylic acids is 3. The third-order valence-electron chi connectivity index (χ3n) is 10.1. The van der Waals surface area contributed by atoms with Gasteiger partial charge in [-0.15, -0.1) is 0 Å². The van der Waals surface area contributed by atoms with Crippen LogP contribution in [0.1, 0.15) is 108 Å². The molecule has 1 saturated carbocycles. The van der Waals surface area contributed by atoms with E-state index in [1.165, 1.54) is 12.5 Å². The van der Waals surface area contributed by atoms with Crippen molar-refractivity contribution in [1.29, 1.82) is 0 Å². The van der Waals surface area contributed by atoms with Crippen LogP contribution in [0.15, 0.2) is 57.7 Å². The van der Waals surface area contributed by atoms with Gasteiger partial charge < -0.3 is 20.0 Å². The molecule has 2 fully saturated rings. The lowest BCUT2D eigenvalue weighted by Crippen LogP contribution is -2.59. The molecule has 1 aliphatic carbocycles. The maximum Gasteiger partial charge on any atom is 0.287 e.